The SMILES string of the molecule is COc1ccc(CN(C(=O)CN2C(=O)c3ccccc3S2(=O)=O)[C@@H](C(=O)NC[C@@H]2CCCO2)c2ccccc2F)cc1. The molecule has 0 radical (unpaired) electrons. The summed E-state index contributed by atoms with van der Waals surface area (Å²) in [6.45, 7) is -0.344. The number of ether oxygens (including phenoxy) is 2. The van der Waals surface area contributed by atoms with E-state index < -0.39 is 46.1 Å². The van der Waals surface area contributed by atoms with Crippen molar-refractivity contribution in [2.75, 3.05) is 26.8 Å². The van der Waals surface area contributed by atoms with Gasteiger partial charge in [-0.2, -0.15) is 0 Å². The highest BCUT2D eigenvalue weighted by Gasteiger charge is 2.44. The average molecular weight is 596 g/mol. The van der Waals surface area contributed by atoms with Crippen LogP contribution in [-0.2, 0) is 30.9 Å². The van der Waals surface area contributed by atoms with Gasteiger partial charge in [0.05, 0.1) is 18.8 Å². The van der Waals surface area contributed by atoms with Gasteiger partial charge in [-0.15, -0.1) is 0 Å². The first-order valence-electron chi connectivity index (χ1n) is 13.4. The number of amides is 3. The van der Waals surface area contributed by atoms with E-state index in [0.717, 1.165) is 17.7 Å². The predicted octanol–water partition coefficient (Wildman–Crippen LogP) is 3.04. The summed E-state index contributed by atoms with van der Waals surface area (Å²) in [5.74, 6) is -2.55. The highest BCUT2D eigenvalue weighted by molar-refractivity contribution is 7.90. The number of sulfonamides is 1. The van der Waals surface area contributed by atoms with E-state index in [1.54, 1.807) is 30.3 Å². The molecule has 10 nitrogen and oxygen atoms in total. The minimum atomic E-state index is -4.32. The number of carbonyl (C=O) groups is 3. The summed E-state index contributed by atoms with van der Waals surface area (Å²) in [7, 11) is -2.81. The largest absolute Gasteiger partial charge is 0.497 e. The van der Waals surface area contributed by atoms with Gasteiger partial charge in [0.25, 0.3) is 15.9 Å². The number of rotatable bonds is 10. The number of carbonyl (C=O) groups excluding carboxylic acids is 3. The first-order valence-corrected chi connectivity index (χ1v) is 14.9. The fourth-order valence-electron chi connectivity index (χ4n) is 5.12. The fraction of sp³-hybridized carbons (Fsp3) is 0.300. The Balaban J connectivity index is 1.52. The molecule has 2 aliphatic heterocycles. The standard InChI is InChI=1S/C30H30FN3O7S/c1-40-21-14-12-20(13-15-21)18-33(27(35)19-34-30(37)24-9-3-5-11-26(24)42(34,38)39)28(23-8-2-4-10-25(23)31)29(36)32-17-22-7-6-16-41-22/h2-5,8-15,22,28H,6-7,16-19H2,1H3,(H,32,36)/t22-,28+/m0/s1. The van der Waals surface area contributed by atoms with Gasteiger partial charge >= 0.3 is 0 Å². The van der Waals surface area contributed by atoms with Gasteiger partial charge in [0.1, 0.15) is 29.0 Å². The van der Waals surface area contributed by atoms with Gasteiger partial charge in [-0.25, -0.2) is 17.1 Å². The van der Waals surface area contributed by atoms with Crippen molar-refractivity contribution in [1.82, 2.24) is 14.5 Å². The van der Waals surface area contributed by atoms with Crippen LogP contribution in [0.4, 0.5) is 4.39 Å². The van der Waals surface area contributed by atoms with Crippen molar-refractivity contribution in [3.05, 3.63) is 95.3 Å². The molecule has 12 heteroatoms. The Hall–Kier alpha value is -4.29. The molecule has 3 amide bonds. The summed E-state index contributed by atoms with van der Waals surface area (Å²) in [6, 6.07) is 16.5. The molecule has 5 rings (SSSR count). The van der Waals surface area contributed by atoms with Gasteiger partial charge in [0.15, 0.2) is 0 Å². The maximum Gasteiger partial charge on any atom is 0.269 e. The first kappa shape index (κ1) is 29.2. The number of hydrogen-bond acceptors (Lipinski definition) is 7. The van der Waals surface area contributed by atoms with Crippen LogP contribution in [0.2, 0.25) is 0 Å². The van der Waals surface area contributed by atoms with E-state index in [4.69, 9.17) is 9.47 Å². The Labute approximate surface area is 243 Å². The van der Waals surface area contributed by atoms with Gasteiger partial charge in [-0.05, 0) is 48.7 Å². The lowest BCUT2D eigenvalue weighted by Crippen LogP contribution is -2.49. The second kappa shape index (κ2) is 12.3. The van der Waals surface area contributed by atoms with Gasteiger partial charge in [-0.1, -0.05) is 42.5 Å². The summed E-state index contributed by atoms with van der Waals surface area (Å²) < 4.78 is 53.0. The van der Waals surface area contributed by atoms with Crippen molar-refractivity contribution in [2.24, 2.45) is 0 Å². The molecule has 2 aliphatic rings. The number of benzene rings is 3. The van der Waals surface area contributed by atoms with E-state index in [2.05, 4.69) is 5.32 Å². The quantitative estimate of drug-likeness (QED) is 0.382. The molecule has 0 unspecified atom stereocenters. The van der Waals surface area contributed by atoms with Gasteiger partial charge in [0.2, 0.25) is 11.8 Å². The lowest BCUT2D eigenvalue weighted by molar-refractivity contribution is -0.141. The maximum absolute atomic E-state index is 15.3. The predicted molar refractivity (Wildman–Crippen MR) is 149 cm³/mol. The topological polar surface area (TPSA) is 122 Å². The molecule has 42 heavy (non-hydrogen) atoms. The third-order valence-electron chi connectivity index (χ3n) is 7.31. The highest BCUT2D eigenvalue weighted by Crippen LogP contribution is 2.32. The molecule has 0 aromatic heterocycles. The number of nitrogens with zero attached hydrogens (tertiary/aromatic N) is 2. The van der Waals surface area contributed by atoms with Crippen LogP contribution in [0.1, 0.15) is 40.4 Å². The number of fused-ring (bicyclic) bond motifs is 1. The van der Waals surface area contributed by atoms with Crippen molar-refractivity contribution in [1.29, 1.82) is 0 Å². The summed E-state index contributed by atoms with van der Waals surface area (Å²) in [4.78, 5) is 41.7. The molecular weight excluding hydrogens is 565 g/mol. The van der Waals surface area contributed by atoms with Crippen LogP contribution in [0.15, 0.2) is 77.7 Å². The molecule has 0 bridgehead atoms. The first-order chi connectivity index (χ1) is 20.2. The smallest absolute Gasteiger partial charge is 0.269 e. The highest BCUT2D eigenvalue weighted by atomic mass is 32.2. The van der Waals surface area contributed by atoms with Crippen molar-refractivity contribution in [3.63, 3.8) is 0 Å². The summed E-state index contributed by atoms with van der Waals surface area (Å²) in [5, 5.41) is 2.78. The van der Waals surface area contributed by atoms with E-state index in [-0.39, 0.29) is 35.2 Å². The number of nitrogens with one attached hydrogen (secondary N) is 1. The Bertz CT molecular complexity index is 1590. The van der Waals surface area contributed by atoms with Crippen molar-refractivity contribution in [2.45, 2.75) is 36.4 Å². The lowest BCUT2D eigenvalue weighted by atomic mass is 10.0. The Kier molecular flexibility index (Phi) is 8.55. The molecule has 0 aliphatic carbocycles. The Morgan fingerprint density at radius 3 is 2.48 bits per heavy atom. The summed E-state index contributed by atoms with van der Waals surface area (Å²) >= 11 is 0. The van der Waals surface area contributed by atoms with E-state index in [0.29, 0.717) is 22.2 Å². The van der Waals surface area contributed by atoms with Crippen LogP contribution in [0.3, 0.4) is 0 Å². The van der Waals surface area contributed by atoms with Crippen LogP contribution in [0, 0.1) is 5.82 Å². The van der Waals surface area contributed by atoms with Crippen molar-refractivity contribution < 1.29 is 36.7 Å². The fourth-order valence-corrected chi connectivity index (χ4v) is 6.63. The lowest BCUT2D eigenvalue weighted by Gasteiger charge is -2.33. The molecule has 2 heterocycles. The van der Waals surface area contributed by atoms with Gasteiger partial charge < -0.3 is 19.7 Å². The minimum Gasteiger partial charge on any atom is -0.497 e. The molecule has 1 N–H and O–H groups in total. The third-order valence-corrected chi connectivity index (χ3v) is 9.10. The van der Waals surface area contributed by atoms with Gasteiger partial charge in [0, 0.05) is 25.3 Å². The van der Waals surface area contributed by atoms with Gasteiger partial charge in [-0.3, -0.25) is 14.4 Å². The third kappa shape index (κ3) is 5.86. The Morgan fingerprint density at radius 1 is 1.10 bits per heavy atom. The molecule has 0 saturated carbocycles. The van der Waals surface area contributed by atoms with Crippen molar-refractivity contribution in [3.8, 4) is 5.75 Å². The molecule has 0 spiro atoms. The van der Waals surface area contributed by atoms with E-state index in [1.165, 1.54) is 49.6 Å². The van der Waals surface area contributed by atoms with Crippen LogP contribution in [0.25, 0.3) is 0 Å². The Morgan fingerprint density at radius 2 is 1.81 bits per heavy atom. The zero-order valence-corrected chi connectivity index (χ0v) is 23.7. The molecule has 3 aromatic carbocycles. The van der Waals surface area contributed by atoms with Crippen LogP contribution < -0.4 is 10.1 Å². The monoisotopic (exact) mass is 595 g/mol. The molecule has 220 valence electrons. The number of methoxy groups -OCH3 is 1. The zero-order valence-electron chi connectivity index (χ0n) is 22.9. The van der Waals surface area contributed by atoms with E-state index in [9.17, 15) is 22.8 Å². The second-order valence-electron chi connectivity index (χ2n) is 9.99. The van der Waals surface area contributed by atoms with E-state index in [1.807, 2.05) is 0 Å². The van der Waals surface area contributed by atoms with Crippen LogP contribution in [-0.4, -0.2) is 68.3 Å². The number of hydrogen-bond donors (Lipinski definition) is 1. The average Bonchev–Trinajstić information content (AvgIpc) is 3.58. The molecule has 1 fully saturated rings. The zero-order chi connectivity index (χ0) is 29.9. The normalized spacial score (nSPS) is 17.9. The molecule has 2 atom stereocenters. The molecule has 1 saturated heterocycles. The van der Waals surface area contributed by atoms with Crippen LogP contribution >= 0.6 is 0 Å². The van der Waals surface area contributed by atoms with Crippen LogP contribution in [0.5, 0.6) is 5.75 Å². The molecular formula is C30H30FN3O7S. The second-order valence-corrected chi connectivity index (χ2v) is 11.8. The minimum absolute atomic E-state index is 0.0491. The summed E-state index contributed by atoms with van der Waals surface area (Å²) in [6.07, 6.45) is 1.38. The molecule has 3 aromatic rings. The maximum atomic E-state index is 15.3. The van der Waals surface area contributed by atoms with E-state index >= 15 is 4.39 Å². The van der Waals surface area contributed by atoms with Crippen molar-refractivity contribution >= 4 is 27.7 Å². The number of halogens is 1. The summed E-state index contributed by atoms with van der Waals surface area (Å²) in [5.41, 5.74) is 0.436.